The number of hydrogen-bond acceptors (Lipinski definition) is 5. The summed E-state index contributed by atoms with van der Waals surface area (Å²) in [6, 6.07) is 21.7. The van der Waals surface area contributed by atoms with Gasteiger partial charge in [-0.1, -0.05) is 60.3 Å². The molecule has 4 aromatic rings. The van der Waals surface area contributed by atoms with E-state index in [0.717, 1.165) is 28.4 Å². The monoisotopic (exact) mass is 432 g/mol. The lowest BCUT2D eigenvalue weighted by atomic mass is 10.2. The molecular formula is C24H24N4O2S. The van der Waals surface area contributed by atoms with Crippen LogP contribution in [0.5, 0.6) is 0 Å². The number of aromatic nitrogens is 3. The Morgan fingerprint density at radius 3 is 2.39 bits per heavy atom. The van der Waals surface area contributed by atoms with Gasteiger partial charge in [-0.15, -0.1) is 10.2 Å². The maximum absolute atomic E-state index is 13.0. The number of rotatable bonds is 7. The minimum absolute atomic E-state index is 0.00602. The van der Waals surface area contributed by atoms with Gasteiger partial charge in [0.1, 0.15) is 5.76 Å². The van der Waals surface area contributed by atoms with Gasteiger partial charge in [-0.25, -0.2) is 0 Å². The minimum Gasteiger partial charge on any atom is -0.469 e. The normalized spacial score (nSPS) is 12.0. The zero-order valence-electron chi connectivity index (χ0n) is 17.7. The van der Waals surface area contributed by atoms with Gasteiger partial charge >= 0.3 is 0 Å². The van der Waals surface area contributed by atoms with E-state index < -0.39 is 0 Å². The van der Waals surface area contributed by atoms with Crippen LogP contribution in [-0.2, 0) is 11.3 Å². The highest BCUT2D eigenvalue weighted by atomic mass is 32.2. The van der Waals surface area contributed by atoms with E-state index in [9.17, 15) is 4.79 Å². The number of benzene rings is 2. The Hall–Kier alpha value is -3.32. The molecule has 0 fully saturated rings. The first kappa shape index (κ1) is 20.9. The highest BCUT2D eigenvalue weighted by Crippen LogP contribution is 2.30. The van der Waals surface area contributed by atoms with E-state index in [1.165, 1.54) is 11.8 Å². The molecule has 7 heteroatoms. The van der Waals surface area contributed by atoms with Gasteiger partial charge in [-0.05, 0) is 37.6 Å². The molecule has 0 spiro atoms. The Morgan fingerprint density at radius 1 is 1.06 bits per heavy atom. The highest BCUT2D eigenvalue weighted by Gasteiger charge is 2.24. The Kier molecular flexibility index (Phi) is 6.23. The summed E-state index contributed by atoms with van der Waals surface area (Å²) in [5, 5.41) is 9.23. The summed E-state index contributed by atoms with van der Waals surface area (Å²) in [7, 11) is 1.80. The van der Waals surface area contributed by atoms with Crippen LogP contribution >= 0.6 is 11.8 Å². The Balaban J connectivity index is 1.62. The van der Waals surface area contributed by atoms with Crippen LogP contribution in [0.25, 0.3) is 11.4 Å². The topological polar surface area (TPSA) is 64.2 Å². The van der Waals surface area contributed by atoms with Crippen molar-refractivity contribution < 1.29 is 9.21 Å². The molecule has 0 aliphatic rings. The Bertz CT molecular complexity index is 1150. The van der Waals surface area contributed by atoms with Gasteiger partial charge in [-0.3, -0.25) is 9.36 Å². The number of anilines is 1. The molecule has 0 aliphatic heterocycles. The van der Waals surface area contributed by atoms with Crippen molar-refractivity contribution in [2.45, 2.75) is 30.8 Å². The largest absolute Gasteiger partial charge is 0.469 e. The second-order valence-corrected chi connectivity index (χ2v) is 8.57. The third kappa shape index (κ3) is 4.56. The number of hydrogen-bond donors (Lipinski definition) is 0. The molecule has 6 nitrogen and oxygen atoms in total. The second kappa shape index (κ2) is 9.22. The number of thioether (sulfide) groups is 1. The van der Waals surface area contributed by atoms with Crippen molar-refractivity contribution in [2.75, 3.05) is 11.9 Å². The smallest absolute Gasteiger partial charge is 0.240 e. The maximum atomic E-state index is 13.0. The molecular weight excluding hydrogens is 408 g/mol. The van der Waals surface area contributed by atoms with E-state index in [1.807, 2.05) is 73.0 Å². The average molecular weight is 433 g/mol. The molecule has 2 heterocycles. The number of carbonyl (C=O) groups excluding carboxylic acids is 1. The third-order valence-corrected chi connectivity index (χ3v) is 6.17. The Morgan fingerprint density at radius 2 is 1.74 bits per heavy atom. The molecule has 2 aromatic heterocycles. The molecule has 1 unspecified atom stereocenters. The summed E-state index contributed by atoms with van der Waals surface area (Å²) >= 11 is 1.41. The van der Waals surface area contributed by atoms with E-state index in [0.29, 0.717) is 11.7 Å². The highest BCUT2D eigenvalue weighted by molar-refractivity contribution is 8.00. The van der Waals surface area contributed by atoms with Crippen molar-refractivity contribution >= 4 is 23.4 Å². The summed E-state index contributed by atoms with van der Waals surface area (Å²) in [4.78, 5) is 14.7. The van der Waals surface area contributed by atoms with E-state index in [-0.39, 0.29) is 11.2 Å². The van der Waals surface area contributed by atoms with Gasteiger partial charge in [0, 0.05) is 12.7 Å². The van der Waals surface area contributed by atoms with Crippen molar-refractivity contribution in [1.29, 1.82) is 0 Å². The average Bonchev–Trinajstić information content (AvgIpc) is 3.39. The lowest BCUT2D eigenvalue weighted by Gasteiger charge is -2.21. The molecule has 0 bridgehead atoms. The summed E-state index contributed by atoms with van der Waals surface area (Å²) in [5.41, 5.74) is 2.89. The van der Waals surface area contributed by atoms with Gasteiger partial charge in [0.25, 0.3) is 0 Å². The number of para-hydroxylation sites is 1. The van der Waals surface area contributed by atoms with E-state index >= 15 is 0 Å². The molecule has 0 N–H and O–H groups in total. The van der Waals surface area contributed by atoms with Crippen LogP contribution in [0.3, 0.4) is 0 Å². The fourth-order valence-electron chi connectivity index (χ4n) is 3.36. The first-order valence-electron chi connectivity index (χ1n) is 10.1. The van der Waals surface area contributed by atoms with Crippen LogP contribution in [0.4, 0.5) is 5.69 Å². The number of aryl methyl sites for hydroxylation is 1. The molecule has 0 saturated carbocycles. The van der Waals surface area contributed by atoms with Crippen LogP contribution in [0, 0.1) is 6.92 Å². The van der Waals surface area contributed by atoms with Crippen LogP contribution in [0.15, 0.2) is 82.6 Å². The third-order valence-electron chi connectivity index (χ3n) is 5.10. The standard InChI is InChI=1S/C24H24N4O2S/c1-17-21(14-15-30-17)22-25-26-24(28(22)16-19-10-6-4-7-11-19)31-18(2)23(29)27(3)20-12-8-5-9-13-20/h4-15,18H,16H2,1-3H3. The zero-order chi connectivity index (χ0) is 21.8. The van der Waals surface area contributed by atoms with Crippen LogP contribution in [0.2, 0.25) is 0 Å². The Labute approximate surface area is 185 Å². The van der Waals surface area contributed by atoms with E-state index in [1.54, 1.807) is 18.2 Å². The number of carbonyl (C=O) groups is 1. The molecule has 4 rings (SSSR count). The number of furan rings is 1. The van der Waals surface area contributed by atoms with E-state index in [2.05, 4.69) is 22.3 Å². The molecule has 2 aromatic carbocycles. The van der Waals surface area contributed by atoms with Gasteiger partial charge < -0.3 is 9.32 Å². The van der Waals surface area contributed by atoms with Crippen molar-refractivity contribution in [2.24, 2.45) is 0 Å². The summed E-state index contributed by atoms with van der Waals surface area (Å²) in [6.45, 7) is 4.41. The summed E-state index contributed by atoms with van der Waals surface area (Å²) in [6.07, 6.45) is 1.65. The van der Waals surface area contributed by atoms with Crippen molar-refractivity contribution in [3.63, 3.8) is 0 Å². The molecule has 31 heavy (non-hydrogen) atoms. The van der Waals surface area contributed by atoms with Crippen molar-refractivity contribution in [1.82, 2.24) is 14.8 Å². The van der Waals surface area contributed by atoms with Crippen LogP contribution in [-0.4, -0.2) is 33.0 Å². The quantitative estimate of drug-likeness (QED) is 0.383. The molecule has 0 radical (unpaired) electrons. The fraction of sp³-hybridized carbons (Fsp3) is 0.208. The number of amides is 1. The SMILES string of the molecule is Cc1occc1-c1nnc(SC(C)C(=O)N(C)c2ccccc2)n1Cc1ccccc1. The number of nitrogens with zero attached hydrogens (tertiary/aromatic N) is 4. The van der Waals surface area contributed by atoms with Gasteiger partial charge in [0.15, 0.2) is 11.0 Å². The van der Waals surface area contributed by atoms with E-state index in [4.69, 9.17) is 4.42 Å². The molecule has 1 amide bonds. The minimum atomic E-state index is -0.331. The lowest BCUT2D eigenvalue weighted by molar-refractivity contribution is -0.117. The lowest BCUT2D eigenvalue weighted by Crippen LogP contribution is -2.33. The predicted octanol–water partition coefficient (Wildman–Crippen LogP) is 5.04. The van der Waals surface area contributed by atoms with Crippen molar-refractivity contribution in [3.8, 4) is 11.4 Å². The van der Waals surface area contributed by atoms with Gasteiger partial charge in [0.2, 0.25) is 5.91 Å². The van der Waals surface area contributed by atoms with Gasteiger partial charge in [0.05, 0.1) is 23.6 Å². The maximum Gasteiger partial charge on any atom is 0.240 e. The first-order chi connectivity index (χ1) is 15.0. The predicted molar refractivity (Wildman–Crippen MR) is 123 cm³/mol. The molecule has 158 valence electrons. The fourth-order valence-corrected chi connectivity index (χ4v) is 4.30. The second-order valence-electron chi connectivity index (χ2n) is 7.26. The molecule has 1 atom stereocenters. The van der Waals surface area contributed by atoms with Crippen LogP contribution < -0.4 is 4.90 Å². The van der Waals surface area contributed by atoms with Gasteiger partial charge in [-0.2, -0.15) is 0 Å². The molecule has 0 saturated heterocycles. The van der Waals surface area contributed by atoms with Crippen LogP contribution in [0.1, 0.15) is 18.2 Å². The zero-order valence-corrected chi connectivity index (χ0v) is 18.5. The van der Waals surface area contributed by atoms with Crippen molar-refractivity contribution in [3.05, 3.63) is 84.3 Å². The first-order valence-corrected chi connectivity index (χ1v) is 10.9. The summed E-state index contributed by atoms with van der Waals surface area (Å²) in [5.74, 6) is 1.52. The summed E-state index contributed by atoms with van der Waals surface area (Å²) < 4.78 is 7.53. The molecule has 0 aliphatic carbocycles.